The van der Waals surface area contributed by atoms with Crippen LogP contribution in [-0.4, -0.2) is 17.8 Å². The normalized spacial score (nSPS) is 12.1. The van der Waals surface area contributed by atoms with Crippen LogP contribution in [0.5, 0.6) is 5.75 Å². The molecule has 0 fully saturated rings. The van der Waals surface area contributed by atoms with Gasteiger partial charge < -0.3 is 15.2 Å². The summed E-state index contributed by atoms with van der Waals surface area (Å²) < 4.78 is 19.4. The van der Waals surface area contributed by atoms with Crippen molar-refractivity contribution in [3.63, 3.8) is 0 Å². The molecule has 0 saturated carbocycles. The van der Waals surface area contributed by atoms with E-state index in [0.717, 1.165) is 17.7 Å². The van der Waals surface area contributed by atoms with Gasteiger partial charge in [-0.1, -0.05) is 43.3 Å². The highest BCUT2D eigenvalue weighted by atomic mass is 19.1. The lowest BCUT2D eigenvalue weighted by atomic mass is 10.1. The molecule has 22 heavy (non-hydrogen) atoms. The first kappa shape index (κ1) is 16.5. The molecule has 0 bridgehead atoms. The van der Waals surface area contributed by atoms with E-state index in [9.17, 15) is 9.50 Å². The third-order valence-corrected chi connectivity index (χ3v) is 3.61. The molecule has 2 aromatic rings. The molecule has 1 atom stereocenters. The van der Waals surface area contributed by atoms with Gasteiger partial charge in [-0.2, -0.15) is 0 Å². The van der Waals surface area contributed by atoms with Gasteiger partial charge in [-0.15, -0.1) is 0 Å². The lowest BCUT2D eigenvalue weighted by Gasteiger charge is -2.16. The molecule has 1 unspecified atom stereocenters. The second-order valence-electron chi connectivity index (χ2n) is 5.16. The van der Waals surface area contributed by atoms with Crippen molar-refractivity contribution in [3.05, 3.63) is 65.5 Å². The molecule has 0 radical (unpaired) electrons. The average molecular weight is 303 g/mol. The first-order valence-electron chi connectivity index (χ1n) is 7.53. The SMILES string of the molecule is CCC(CO)NCc1ccccc1OCc1ccccc1F. The van der Waals surface area contributed by atoms with Crippen LogP contribution in [0.4, 0.5) is 4.39 Å². The predicted octanol–water partition coefficient (Wildman–Crippen LogP) is 3.27. The molecule has 118 valence electrons. The fraction of sp³-hybridized carbons (Fsp3) is 0.333. The number of aliphatic hydroxyl groups is 1. The summed E-state index contributed by atoms with van der Waals surface area (Å²) in [7, 11) is 0. The summed E-state index contributed by atoms with van der Waals surface area (Å²) in [4.78, 5) is 0. The van der Waals surface area contributed by atoms with E-state index in [1.54, 1.807) is 18.2 Å². The van der Waals surface area contributed by atoms with Crippen molar-refractivity contribution in [2.45, 2.75) is 32.5 Å². The number of benzene rings is 2. The van der Waals surface area contributed by atoms with Gasteiger partial charge in [0.2, 0.25) is 0 Å². The van der Waals surface area contributed by atoms with Crippen LogP contribution in [0.2, 0.25) is 0 Å². The zero-order valence-electron chi connectivity index (χ0n) is 12.8. The van der Waals surface area contributed by atoms with Gasteiger partial charge in [0.1, 0.15) is 18.2 Å². The van der Waals surface area contributed by atoms with Gasteiger partial charge in [0, 0.05) is 23.7 Å². The monoisotopic (exact) mass is 303 g/mol. The molecule has 4 heteroatoms. The number of para-hydroxylation sites is 1. The molecular weight excluding hydrogens is 281 g/mol. The van der Waals surface area contributed by atoms with Gasteiger partial charge >= 0.3 is 0 Å². The van der Waals surface area contributed by atoms with E-state index in [2.05, 4.69) is 5.32 Å². The molecule has 0 aliphatic heterocycles. The minimum absolute atomic E-state index is 0.0691. The summed E-state index contributed by atoms with van der Waals surface area (Å²) in [5, 5.41) is 12.5. The Labute approximate surface area is 130 Å². The van der Waals surface area contributed by atoms with E-state index in [1.165, 1.54) is 6.07 Å². The number of aliphatic hydroxyl groups excluding tert-OH is 1. The highest BCUT2D eigenvalue weighted by Crippen LogP contribution is 2.20. The first-order valence-corrected chi connectivity index (χ1v) is 7.53. The average Bonchev–Trinajstić information content (AvgIpc) is 2.56. The number of rotatable bonds is 8. The van der Waals surface area contributed by atoms with Crippen molar-refractivity contribution in [3.8, 4) is 5.75 Å². The molecule has 0 saturated heterocycles. The highest BCUT2D eigenvalue weighted by molar-refractivity contribution is 5.33. The zero-order chi connectivity index (χ0) is 15.8. The number of hydrogen-bond acceptors (Lipinski definition) is 3. The highest BCUT2D eigenvalue weighted by Gasteiger charge is 2.08. The van der Waals surface area contributed by atoms with E-state index in [-0.39, 0.29) is 25.1 Å². The maximum atomic E-state index is 13.6. The number of ether oxygens (including phenoxy) is 1. The summed E-state index contributed by atoms with van der Waals surface area (Å²) in [6.45, 7) is 2.93. The van der Waals surface area contributed by atoms with Crippen LogP contribution >= 0.6 is 0 Å². The predicted molar refractivity (Wildman–Crippen MR) is 85.2 cm³/mol. The molecule has 0 aliphatic carbocycles. The summed E-state index contributed by atoms with van der Waals surface area (Å²) in [6.07, 6.45) is 0.856. The van der Waals surface area contributed by atoms with E-state index < -0.39 is 0 Å². The zero-order valence-corrected chi connectivity index (χ0v) is 12.8. The quantitative estimate of drug-likeness (QED) is 0.786. The van der Waals surface area contributed by atoms with Crippen LogP contribution in [-0.2, 0) is 13.2 Å². The third-order valence-electron chi connectivity index (χ3n) is 3.61. The third kappa shape index (κ3) is 4.55. The van der Waals surface area contributed by atoms with Gasteiger partial charge in [-0.3, -0.25) is 0 Å². The van der Waals surface area contributed by atoms with Crippen LogP contribution in [0, 0.1) is 5.82 Å². The molecule has 0 aliphatic rings. The molecule has 2 N–H and O–H groups in total. The van der Waals surface area contributed by atoms with Gasteiger partial charge in [0.25, 0.3) is 0 Å². The van der Waals surface area contributed by atoms with Crippen LogP contribution in [0.25, 0.3) is 0 Å². The lowest BCUT2D eigenvalue weighted by Crippen LogP contribution is -2.31. The van der Waals surface area contributed by atoms with Crippen molar-refractivity contribution in [1.29, 1.82) is 0 Å². The standard InChI is InChI=1S/C18H22FNO2/c1-2-16(12-21)20-11-14-7-4-6-10-18(14)22-13-15-8-3-5-9-17(15)19/h3-10,16,20-21H,2,11-13H2,1H3. The minimum atomic E-state index is -0.260. The Hall–Kier alpha value is -1.91. The Balaban J connectivity index is 2.00. The molecular formula is C18H22FNO2. The minimum Gasteiger partial charge on any atom is -0.488 e. The van der Waals surface area contributed by atoms with Crippen LogP contribution in [0.3, 0.4) is 0 Å². The Morgan fingerprint density at radius 1 is 1.09 bits per heavy atom. The maximum absolute atomic E-state index is 13.6. The molecule has 3 nitrogen and oxygen atoms in total. The van der Waals surface area contributed by atoms with Gasteiger partial charge in [0.15, 0.2) is 0 Å². The van der Waals surface area contributed by atoms with Crippen LogP contribution in [0.15, 0.2) is 48.5 Å². The number of nitrogens with one attached hydrogen (secondary N) is 1. The first-order chi connectivity index (χ1) is 10.7. The molecule has 0 spiro atoms. The summed E-state index contributed by atoms with van der Waals surface area (Å²) in [6, 6.07) is 14.3. The van der Waals surface area contributed by atoms with Crippen molar-refractivity contribution in [2.75, 3.05) is 6.61 Å². The maximum Gasteiger partial charge on any atom is 0.129 e. The smallest absolute Gasteiger partial charge is 0.129 e. The van der Waals surface area contributed by atoms with E-state index in [0.29, 0.717) is 12.1 Å². The van der Waals surface area contributed by atoms with Crippen LogP contribution < -0.4 is 10.1 Å². The summed E-state index contributed by atoms with van der Waals surface area (Å²) in [5.41, 5.74) is 1.53. The number of halogens is 1. The molecule has 2 aromatic carbocycles. The fourth-order valence-corrected chi connectivity index (χ4v) is 2.15. The van der Waals surface area contributed by atoms with Gasteiger partial charge in [-0.05, 0) is 18.6 Å². The lowest BCUT2D eigenvalue weighted by molar-refractivity contribution is 0.237. The fourth-order valence-electron chi connectivity index (χ4n) is 2.15. The molecule has 0 heterocycles. The van der Waals surface area contributed by atoms with E-state index >= 15 is 0 Å². The summed E-state index contributed by atoms with van der Waals surface area (Å²) in [5.74, 6) is 0.468. The van der Waals surface area contributed by atoms with Crippen molar-refractivity contribution < 1.29 is 14.2 Å². The van der Waals surface area contributed by atoms with Gasteiger partial charge in [0.05, 0.1) is 6.61 Å². The molecule has 0 amide bonds. The van der Waals surface area contributed by atoms with Crippen molar-refractivity contribution in [1.82, 2.24) is 5.32 Å². The topological polar surface area (TPSA) is 41.5 Å². The van der Waals surface area contributed by atoms with E-state index in [1.807, 2.05) is 31.2 Å². The molecule has 0 aromatic heterocycles. The second kappa shape index (κ2) is 8.51. The Morgan fingerprint density at radius 2 is 1.77 bits per heavy atom. The number of hydrogen-bond donors (Lipinski definition) is 2. The van der Waals surface area contributed by atoms with Gasteiger partial charge in [-0.25, -0.2) is 4.39 Å². The Morgan fingerprint density at radius 3 is 2.45 bits per heavy atom. The van der Waals surface area contributed by atoms with Crippen LogP contribution in [0.1, 0.15) is 24.5 Å². The summed E-state index contributed by atoms with van der Waals surface area (Å²) >= 11 is 0. The Kier molecular flexibility index (Phi) is 6.37. The van der Waals surface area contributed by atoms with E-state index in [4.69, 9.17) is 4.74 Å². The van der Waals surface area contributed by atoms with Crippen molar-refractivity contribution in [2.24, 2.45) is 0 Å². The largest absolute Gasteiger partial charge is 0.488 e. The Bertz CT molecular complexity index is 585. The molecule has 2 rings (SSSR count). The van der Waals surface area contributed by atoms with Crippen molar-refractivity contribution >= 4 is 0 Å². The second-order valence-corrected chi connectivity index (χ2v) is 5.16.